The van der Waals surface area contributed by atoms with Gasteiger partial charge in [0.2, 0.25) is 0 Å². The molecule has 2 aliphatic rings. The van der Waals surface area contributed by atoms with E-state index in [9.17, 15) is 19.2 Å². The molecule has 0 aliphatic carbocycles. The molecule has 0 saturated carbocycles. The van der Waals surface area contributed by atoms with Gasteiger partial charge in [0.15, 0.2) is 0 Å². The van der Waals surface area contributed by atoms with Gasteiger partial charge in [-0.2, -0.15) is 0 Å². The minimum Gasteiger partial charge on any atom is -0.657 e. The smallest absolute Gasteiger partial charge is 0.657 e. The zero-order valence-corrected chi connectivity index (χ0v) is 44.6. The van der Waals surface area contributed by atoms with Gasteiger partial charge in [-0.25, -0.2) is 9.97 Å². The Morgan fingerprint density at radius 1 is 0.364 bits per heavy atom. The summed E-state index contributed by atoms with van der Waals surface area (Å²) in [6.07, 6.45) is 4.27. The molecule has 3 aromatic heterocycles. The van der Waals surface area contributed by atoms with Crippen molar-refractivity contribution >= 4 is 92.7 Å². The number of fused-ring (bicyclic) bond motifs is 8. The summed E-state index contributed by atoms with van der Waals surface area (Å²) in [7, 11) is 5.82. The predicted molar refractivity (Wildman–Crippen MR) is 299 cm³/mol. The van der Waals surface area contributed by atoms with E-state index in [-0.39, 0.29) is 16.8 Å². The Kier molecular flexibility index (Phi) is 17.2. The van der Waals surface area contributed by atoms with Gasteiger partial charge in [0.25, 0.3) is 23.6 Å². The molecule has 7 aromatic rings. The van der Waals surface area contributed by atoms with Gasteiger partial charge in [0, 0.05) is 39.6 Å². The molecule has 4 N–H and O–H groups in total. The largest absolute Gasteiger partial charge is 2.00 e. The first-order valence-electron chi connectivity index (χ1n) is 24.6. The standard InChI is InChI=1S/C60H58N8O8.Co/c1-33(73-5)57(69)65-39-21-15-22-40(66-58(70)34(2)74-6)53(39)55-47-29-25-43(61-47)51(37-17-11-9-12-18-37)45-27-31-49(63-45)56(50-32-28-46(64-50)52(38-19-13-10-14-20-38)44-26-30-48(55)62-44)54-41(67-59(71)35(3)75-7)23-16-24-42(54)68-60(72)36(4)76-8;/h9-36H,1-8H3,(H6,61,62,63,64,65,66,67,68,69,70,71,72);/q;+2/p-2/t33-,34-,35-,36-;/m0./s1. The van der Waals surface area contributed by atoms with Crippen molar-refractivity contribution in [3.63, 3.8) is 0 Å². The maximum atomic E-state index is 13.7. The third-order valence-corrected chi connectivity index (χ3v) is 13.3. The van der Waals surface area contributed by atoms with Crippen LogP contribution in [0.3, 0.4) is 0 Å². The Morgan fingerprint density at radius 2 is 0.623 bits per heavy atom. The average Bonchev–Trinajstić information content (AvgIpc) is 4.31. The molecule has 9 rings (SSSR count). The van der Waals surface area contributed by atoms with Gasteiger partial charge in [0.05, 0.1) is 45.5 Å². The summed E-state index contributed by atoms with van der Waals surface area (Å²) in [4.78, 5) is 76.6. The van der Waals surface area contributed by atoms with E-state index >= 15 is 0 Å². The van der Waals surface area contributed by atoms with Crippen LogP contribution in [0.5, 0.6) is 0 Å². The van der Waals surface area contributed by atoms with Crippen LogP contribution in [-0.4, -0.2) is 86.5 Å². The molecule has 0 fully saturated rings. The van der Waals surface area contributed by atoms with E-state index in [0.29, 0.717) is 101 Å². The molecule has 1 radical (unpaired) electrons. The second kappa shape index (κ2) is 24.1. The fraction of sp³-hybridized carbons (Fsp3) is 0.200. The van der Waals surface area contributed by atoms with Crippen molar-refractivity contribution in [1.82, 2.24) is 19.9 Å². The van der Waals surface area contributed by atoms with Gasteiger partial charge >= 0.3 is 16.8 Å². The molecular weight excluding hydrogens is 1020 g/mol. The molecule has 4 atom stereocenters. The minimum atomic E-state index is -0.821. The van der Waals surface area contributed by atoms with Crippen molar-refractivity contribution in [2.45, 2.75) is 52.1 Å². The third-order valence-electron chi connectivity index (χ3n) is 13.3. The molecule has 16 nitrogen and oxygen atoms in total. The topological polar surface area (TPSA) is 207 Å². The first-order valence-corrected chi connectivity index (χ1v) is 24.6. The first kappa shape index (κ1) is 55.0. The number of hydrogen-bond donors (Lipinski definition) is 4. The number of carbonyl (C=O) groups excluding carboxylic acids is 4. The van der Waals surface area contributed by atoms with Crippen LogP contribution in [-0.2, 0) is 54.9 Å². The van der Waals surface area contributed by atoms with Crippen LogP contribution in [0.25, 0.3) is 90.9 Å². The molecule has 4 amide bonds. The number of amides is 4. The van der Waals surface area contributed by atoms with Crippen LogP contribution < -0.4 is 31.2 Å². The van der Waals surface area contributed by atoms with Crippen LogP contribution >= 0.6 is 0 Å². The summed E-state index contributed by atoms with van der Waals surface area (Å²) in [6, 6.07) is 37.5. The number of aromatic nitrogens is 4. The van der Waals surface area contributed by atoms with Crippen molar-refractivity contribution in [2.24, 2.45) is 0 Å². The number of methoxy groups -OCH3 is 4. The van der Waals surface area contributed by atoms with Crippen LogP contribution in [0.4, 0.5) is 22.7 Å². The van der Waals surface area contributed by atoms with Crippen LogP contribution in [0.1, 0.15) is 50.5 Å². The van der Waals surface area contributed by atoms with Crippen molar-refractivity contribution in [3.05, 3.63) is 144 Å². The van der Waals surface area contributed by atoms with Crippen LogP contribution in [0, 0.1) is 0 Å². The Balaban J connectivity index is 0.00000784. The fourth-order valence-corrected chi connectivity index (χ4v) is 8.83. The second-order valence-electron chi connectivity index (χ2n) is 18.0. The molecule has 0 saturated heterocycles. The monoisotopic (exact) mass is 1080 g/mol. The quantitative estimate of drug-likeness (QED) is 0.0713. The molecule has 5 heterocycles. The molecule has 0 spiro atoms. The van der Waals surface area contributed by atoms with Crippen LogP contribution in [0.15, 0.2) is 121 Å². The SMILES string of the molecule is CO[C@@H](C)C(=O)Nc1cccc(NC(=O)[C@H](C)OC)c1-c1c2nc(c(-c3ccccc3)c3ccc([n-]3)c(-c3c(NC(=O)[C@H](C)OC)cccc3NC(=O)[C@H](C)OC)c3nc(c(-c4ccccc4)c4ccc1[n-]4)C=C3)C=C2.[Co+2]. The zero-order chi connectivity index (χ0) is 53.6. The summed E-state index contributed by atoms with van der Waals surface area (Å²) >= 11 is 0. The Labute approximate surface area is 455 Å². The summed E-state index contributed by atoms with van der Waals surface area (Å²) in [5.74, 6) is -1.67. The maximum Gasteiger partial charge on any atom is 2.00 e. The number of carbonyl (C=O) groups is 4. The van der Waals surface area contributed by atoms with E-state index in [4.69, 9.17) is 38.9 Å². The van der Waals surface area contributed by atoms with Gasteiger partial charge in [-0.05, 0) is 110 Å². The first-order chi connectivity index (χ1) is 36.8. The van der Waals surface area contributed by atoms with Gasteiger partial charge in [0.1, 0.15) is 24.4 Å². The molecule has 77 heavy (non-hydrogen) atoms. The van der Waals surface area contributed by atoms with Crippen LogP contribution in [0.2, 0.25) is 0 Å². The predicted octanol–water partition coefficient (Wildman–Crippen LogP) is 10.5. The fourth-order valence-electron chi connectivity index (χ4n) is 8.83. The van der Waals surface area contributed by atoms with E-state index in [1.54, 1.807) is 64.1 Å². The Morgan fingerprint density at radius 3 is 0.896 bits per heavy atom. The normalized spacial score (nSPS) is 13.2. The zero-order valence-electron chi connectivity index (χ0n) is 43.6. The van der Waals surface area contributed by atoms with E-state index < -0.39 is 48.0 Å². The molecular formula is C60H56CoN8O8. The van der Waals surface area contributed by atoms with Crippen molar-refractivity contribution in [3.8, 4) is 44.5 Å². The second-order valence-corrected chi connectivity index (χ2v) is 18.0. The van der Waals surface area contributed by atoms with Crippen molar-refractivity contribution < 1.29 is 54.9 Å². The Hall–Kier alpha value is -8.29. The Bertz CT molecular complexity index is 3290. The average molecular weight is 1080 g/mol. The van der Waals surface area contributed by atoms with E-state index in [2.05, 4.69) is 21.3 Å². The van der Waals surface area contributed by atoms with Gasteiger partial charge in [-0.3, -0.25) is 19.2 Å². The summed E-state index contributed by atoms with van der Waals surface area (Å²) in [6.45, 7) is 6.58. The van der Waals surface area contributed by atoms with E-state index in [1.165, 1.54) is 28.4 Å². The third kappa shape index (κ3) is 11.5. The molecule has 8 bridgehead atoms. The maximum absolute atomic E-state index is 13.7. The number of nitrogens with one attached hydrogen (secondary N) is 4. The van der Waals surface area contributed by atoms with E-state index in [0.717, 1.165) is 11.1 Å². The van der Waals surface area contributed by atoms with Crippen molar-refractivity contribution in [1.29, 1.82) is 0 Å². The van der Waals surface area contributed by atoms with E-state index in [1.807, 2.05) is 109 Å². The molecule has 4 aromatic carbocycles. The number of anilines is 4. The number of ether oxygens (including phenoxy) is 4. The molecule has 393 valence electrons. The minimum absolute atomic E-state index is 0. The number of hydrogen-bond acceptors (Lipinski definition) is 10. The molecule has 17 heteroatoms. The number of rotatable bonds is 16. The van der Waals surface area contributed by atoms with Gasteiger partial charge in [-0.15, -0.1) is 22.1 Å². The molecule has 0 unspecified atom stereocenters. The number of benzene rings is 4. The number of nitrogens with zero attached hydrogens (tertiary/aromatic N) is 4. The summed E-state index contributed by atoms with van der Waals surface area (Å²) in [5, 5.41) is 12.2. The van der Waals surface area contributed by atoms with Gasteiger partial charge in [-0.1, -0.05) is 97.1 Å². The van der Waals surface area contributed by atoms with Crippen molar-refractivity contribution in [2.75, 3.05) is 49.7 Å². The van der Waals surface area contributed by atoms with Gasteiger partial charge < -0.3 is 50.2 Å². The summed E-state index contributed by atoms with van der Waals surface area (Å²) in [5.41, 5.74) is 10.3. The molecule has 2 aliphatic heterocycles. The summed E-state index contributed by atoms with van der Waals surface area (Å²) < 4.78 is 21.7.